The summed E-state index contributed by atoms with van der Waals surface area (Å²) in [4.78, 5) is 0. The quantitative estimate of drug-likeness (QED) is 0.739. The van der Waals surface area contributed by atoms with Gasteiger partial charge in [-0.3, -0.25) is 0 Å². The standard InChI is InChI=1S/C5H4N4S.C2H6.H2/c1-2-10-3-4(1)5-6-8-9-7-5;1-2;/h1-3H,(H,6,7,8,9);1-2H3;1H. The number of thiophene rings is 1. The molecular formula is C7H12N4S. The van der Waals surface area contributed by atoms with Crippen LogP contribution in [0.5, 0.6) is 0 Å². The fraction of sp³-hybridized carbons (Fsp3) is 0.286. The van der Waals surface area contributed by atoms with Crippen LogP contribution in [0.25, 0.3) is 11.4 Å². The molecule has 0 bridgehead atoms. The Hall–Kier alpha value is -1.23. The molecule has 0 fully saturated rings. The van der Waals surface area contributed by atoms with E-state index in [1.165, 1.54) is 0 Å². The fourth-order valence-electron chi connectivity index (χ4n) is 0.676. The molecule has 2 aromatic rings. The van der Waals surface area contributed by atoms with Crippen molar-refractivity contribution in [3.05, 3.63) is 16.8 Å². The molecule has 0 amide bonds. The van der Waals surface area contributed by atoms with Gasteiger partial charge in [0.1, 0.15) is 0 Å². The Bertz CT molecular complexity index is 260. The van der Waals surface area contributed by atoms with Gasteiger partial charge in [0.25, 0.3) is 0 Å². The van der Waals surface area contributed by atoms with Crippen molar-refractivity contribution < 1.29 is 1.43 Å². The molecule has 2 aromatic heterocycles. The van der Waals surface area contributed by atoms with E-state index in [0.717, 1.165) is 5.56 Å². The maximum atomic E-state index is 3.82. The molecule has 1 N–H and O–H groups in total. The second kappa shape index (κ2) is 4.61. The summed E-state index contributed by atoms with van der Waals surface area (Å²) in [7, 11) is 0. The van der Waals surface area contributed by atoms with Crippen LogP contribution >= 0.6 is 11.3 Å². The van der Waals surface area contributed by atoms with Gasteiger partial charge in [-0.1, -0.05) is 13.8 Å². The van der Waals surface area contributed by atoms with Crippen molar-refractivity contribution in [3.8, 4) is 11.4 Å². The molecule has 4 nitrogen and oxygen atoms in total. The van der Waals surface area contributed by atoms with E-state index in [1.807, 2.05) is 30.7 Å². The van der Waals surface area contributed by atoms with Crippen LogP contribution in [0.3, 0.4) is 0 Å². The number of H-pyrrole nitrogens is 1. The van der Waals surface area contributed by atoms with Crippen molar-refractivity contribution in [1.82, 2.24) is 20.6 Å². The van der Waals surface area contributed by atoms with E-state index in [-0.39, 0.29) is 1.43 Å². The second-order valence-corrected chi connectivity index (χ2v) is 2.53. The maximum Gasteiger partial charge on any atom is 0.205 e. The van der Waals surface area contributed by atoms with E-state index in [2.05, 4.69) is 20.6 Å². The summed E-state index contributed by atoms with van der Waals surface area (Å²) in [6.07, 6.45) is 0. The van der Waals surface area contributed by atoms with Crippen LogP contribution in [0.15, 0.2) is 16.8 Å². The Labute approximate surface area is 76.1 Å². The Morgan fingerprint density at radius 2 is 2.33 bits per heavy atom. The van der Waals surface area contributed by atoms with Gasteiger partial charge in [-0.2, -0.15) is 16.6 Å². The average Bonchev–Trinajstić information content (AvgIpc) is 2.80. The highest BCUT2D eigenvalue weighted by Crippen LogP contribution is 2.15. The van der Waals surface area contributed by atoms with Gasteiger partial charge in [-0.05, 0) is 16.7 Å². The predicted molar refractivity (Wildman–Crippen MR) is 51.0 cm³/mol. The Morgan fingerprint density at radius 3 is 2.83 bits per heavy atom. The highest BCUT2D eigenvalue weighted by molar-refractivity contribution is 7.08. The van der Waals surface area contributed by atoms with Crippen molar-refractivity contribution in [1.29, 1.82) is 0 Å². The topological polar surface area (TPSA) is 54.5 Å². The van der Waals surface area contributed by atoms with E-state index in [1.54, 1.807) is 11.3 Å². The molecule has 0 aliphatic heterocycles. The van der Waals surface area contributed by atoms with E-state index in [4.69, 9.17) is 0 Å². The molecule has 66 valence electrons. The van der Waals surface area contributed by atoms with Crippen LogP contribution in [0.2, 0.25) is 0 Å². The molecule has 2 heterocycles. The Balaban J connectivity index is 0.000000451. The highest BCUT2D eigenvalue weighted by atomic mass is 32.1. The molecule has 0 unspecified atom stereocenters. The zero-order valence-electron chi connectivity index (χ0n) is 6.98. The molecule has 0 radical (unpaired) electrons. The summed E-state index contributed by atoms with van der Waals surface area (Å²) < 4.78 is 0. The van der Waals surface area contributed by atoms with E-state index in [9.17, 15) is 0 Å². The molecule has 12 heavy (non-hydrogen) atoms. The van der Waals surface area contributed by atoms with Gasteiger partial charge in [-0.15, -0.1) is 10.2 Å². The molecule has 0 saturated heterocycles. The first-order valence-electron chi connectivity index (χ1n) is 3.73. The maximum absolute atomic E-state index is 3.82. The normalized spacial score (nSPS) is 8.83. The minimum Gasteiger partial charge on any atom is -0.177 e. The number of nitrogens with zero attached hydrogens (tertiary/aromatic N) is 3. The van der Waals surface area contributed by atoms with Gasteiger partial charge in [0, 0.05) is 12.4 Å². The van der Waals surface area contributed by atoms with Crippen LogP contribution in [-0.4, -0.2) is 20.6 Å². The Morgan fingerprint density at radius 1 is 1.50 bits per heavy atom. The first-order valence-corrected chi connectivity index (χ1v) is 4.67. The van der Waals surface area contributed by atoms with Crippen molar-refractivity contribution in [3.63, 3.8) is 0 Å². The Kier molecular flexibility index (Phi) is 3.40. The summed E-state index contributed by atoms with van der Waals surface area (Å²) in [6, 6.07) is 1.95. The molecule has 2 rings (SSSR count). The molecule has 0 aliphatic carbocycles. The van der Waals surface area contributed by atoms with Gasteiger partial charge in [0.2, 0.25) is 5.82 Å². The zero-order chi connectivity index (χ0) is 8.81. The smallest absolute Gasteiger partial charge is 0.177 e. The van der Waals surface area contributed by atoms with Gasteiger partial charge in [-0.25, -0.2) is 0 Å². The predicted octanol–water partition coefficient (Wildman–Crippen LogP) is 2.20. The first kappa shape index (κ1) is 8.86. The zero-order valence-corrected chi connectivity index (χ0v) is 7.80. The third-order valence-corrected chi connectivity index (χ3v) is 1.81. The van der Waals surface area contributed by atoms with E-state index in [0.29, 0.717) is 5.82 Å². The average molecular weight is 184 g/mol. The SMILES string of the molecule is CC.[HH].c1cc(-c2nn[nH]n2)cs1. The van der Waals surface area contributed by atoms with Crippen LogP contribution in [0.4, 0.5) is 0 Å². The summed E-state index contributed by atoms with van der Waals surface area (Å²) >= 11 is 1.62. The summed E-state index contributed by atoms with van der Waals surface area (Å²) in [5, 5.41) is 17.4. The first-order chi connectivity index (χ1) is 5.97. The molecule has 0 aromatic carbocycles. The lowest BCUT2D eigenvalue weighted by atomic mass is 10.3. The monoisotopic (exact) mass is 184 g/mol. The number of hydrogen-bond donors (Lipinski definition) is 1. The lowest BCUT2D eigenvalue weighted by Crippen LogP contribution is -1.74. The largest absolute Gasteiger partial charge is 0.205 e. The van der Waals surface area contributed by atoms with Crippen LogP contribution in [0.1, 0.15) is 15.3 Å². The molecular weight excluding hydrogens is 172 g/mol. The summed E-state index contributed by atoms with van der Waals surface area (Å²) in [6.45, 7) is 4.00. The lowest BCUT2D eigenvalue weighted by Gasteiger charge is -1.80. The molecule has 0 aliphatic rings. The molecule has 0 spiro atoms. The highest BCUT2D eigenvalue weighted by Gasteiger charge is 2.00. The molecule has 0 atom stereocenters. The number of hydrogen-bond acceptors (Lipinski definition) is 4. The lowest BCUT2D eigenvalue weighted by molar-refractivity contribution is 0.881. The number of aromatic nitrogens is 4. The number of nitrogens with one attached hydrogen (secondary N) is 1. The van der Waals surface area contributed by atoms with Crippen molar-refractivity contribution in [2.24, 2.45) is 0 Å². The van der Waals surface area contributed by atoms with Gasteiger partial charge < -0.3 is 0 Å². The van der Waals surface area contributed by atoms with E-state index < -0.39 is 0 Å². The fourth-order valence-corrected chi connectivity index (χ4v) is 1.31. The number of tetrazole rings is 1. The van der Waals surface area contributed by atoms with Gasteiger partial charge >= 0.3 is 0 Å². The van der Waals surface area contributed by atoms with Gasteiger partial charge in [0.05, 0.1) is 0 Å². The van der Waals surface area contributed by atoms with Crippen LogP contribution in [-0.2, 0) is 0 Å². The van der Waals surface area contributed by atoms with Crippen LogP contribution < -0.4 is 0 Å². The minimum absolute atomic E-state index is 0. The minimum atomic E-state index is 0. The number of rotatable bonds is 1. The summed E-state index contributed by atoms with van der Waals surface area (Å²) in [5.74, 6) is 0.654. The third-order valence-electron chi connectivity index (χ3n) is 1.12. The van der Waals surface area contributed by atoms with Crippen molar-refractivity contribution in [2.45, 2.75) is 13.8 Å². The second-order valence-electron chi connectivity index (χ2n) is 1.75. The van der Waals surface area contributed by atoms with Gasteiger partial charge in [0.15, 0.2) is 0 Å². The van der Waals surface area contributed by atoms with Crippen molar-refractivity contribution in [2.75, 3.05) is 0 Å². The van der Waals surface area contributed by atoms with Crippen LogP contribution in [0, 0.1) is 0 Å². The third kappa shape index (κ3) is 1.88. The number of aromatic amines is 1. The molecule has 0 saturated carbocycles. The van der Waals surface area contributed by atoms with E-state index >= 15 is 0 Å². The molecule has 5 heteroatoms. The summed E-state index contributed by atoms with van der Waals surface area (Å²) in [5.41, 5.74) is 1.01. The van der Waals surface area contributed by atoms with Crippen molar-refractivity contribution >= 4 is 11.3 Å².